The van der Waals surface area contributed by atoms with E-state index in [1.165, 1.54) is 48.7 Å². The number of nitrogens with two attached hydrogens (primary N) is 2. The highest BCUT2D eigenvalue weighted by Gasteiger charge is 2.35. The molecular weight excluding hydrogens is 539 g/mol. The lowest BCUT2D eigenvalue weighted by atomic mass is 10.0. The van der Waals surface area contributed by atoms with Crippen LogP contribution in [0, 0.1) is 0 Å². The van der Waals surface area contributed by atoms with E-state index >= 15 is 0 Å². The van der Waals surface area contributed by atoms with Crippen molar-refractivity contribution in [2.45, 2.75) is 36.7 Å². The molecule has 2 aromatic heterocycles. The summed E-state index contributed by atoms with van der Waals surface area (Å²) in [6.45, 7) is 3.04. The minimum absolute atomic E-state index is 0.0893. The Morgan fingerprint density at radius 1 is 1.08 bits per heavy atom. The molecule has 0 aliphatic heterocycles. The van der Waals surface area contributed by atoms with E-state index in [4.69, 9.17) is 20.7 Å². The smallest absolute Gasteiger partial charge is 0.389 e. The molecule has 204 valence electrons. The van der Waals surface area contributed by atoms with E-state index in [0.29, 0.717) is 5.56 Å². The molecule has 0 saturated carbocycles. The van der Waals surface area contributed by atoms with Gasteiger partial charge in [0.1, 0.15) is 5.69 Å². The summed E-state index contributed by atoms with van der Waals surface area (Å²) in [6.07, 6.45) is -4.66. The van der Waals surface area contributed by atoms with Gasteiger partial charge in [0, 0.05) is 23.7 Å². The van der Waals surface area contributed by atoms with Crippen LogP contribution in [-0.2, 0) is 22.6 Å². The molecule has 1 amide bonds. The van der Waals surface area contributed by atoms with Gasteiger partial charge in [-0.15, -0.1) is 0 Å². The van der Waals surface area contributed by atoms with Crippen LogP contribution >= 0.6 is 0 Å². The van der Waals surface area contributed by atoms with Crippen molar-refractivity contribution < 1.29 is 35.6 Å². The van der Waals surface area contributed by atoms with Crippen molar-refractivity contribution in [3.05, 3.63) is 65.9 Å². The van der Waals surface area contributed by atoms with Crippen molar-refractivity contribution >= 4 is 15.9 Å². The number of nitrogens with zero attached hydrogens (tertiary/aromatic N) is 3. The molecule has 0 atom stereocenters. The number of carbonyl (C=O) groups is 1. The molecule has 14 heteroatoms. The van der Waals surface area contributed by atoms with Gasteiger partial charge >= 0.3 is 12.3 Å². The monoisotopic (exact) mass is 561 g/mol. The Balaban J connectivity index is 1.79. The second-order valence-corrected chi connectivity index (χ2v) is 11.1. The van der Waals surface area contributed by atoms with E-state index < -0.39 is 32.9 Å². The first kappa shape index (κ1) is 27.7. The first-order valence-electron chi connectivity index (χ1n) is 11.4. The Labute approximate surface area is 220 Å². The number of halogens is 3. The Morgan fingerprint density at radius 3 is 2.36 bits per heavy atom. The maximum absolute atomic E-state index is 13.7. The maximum atomic E-state index is 13.7. The number of alkyl halides is 3. The number of sulfone groups is 1. The number of hydrogen-bond acceptors (Lipinski definition) is 9. The molecule has 0 spiro atoms. The second kappa shape index (κ2) is 10.5. The molecule has 0 aliphatic rings. The molecule has 4 aromatic rings. The van der Waals surface area contributed by atoms with Gasteiger partial charge in [0.25, 0.3) is 5.88 Å². The summed E-state index contributed by atoms with van der Waals surface area (Å²) >= 11 is 0. The number of hydrogen-bond donors (Lipinski definition) is 2. The van der Waals surface area contributed by atoms with Gasteiger partial charge in [0.15, 0.2) is 21.3 Å². The zero-order valence-corrected chi connectivity index (χ0v) is 21.4. The fraction of sp³-hybridized carbons (Fsp3) is 0.200. The summed E-state index contributed by atoms with van der Waals surface area (Å²) in [5.41, 5.74) is 10.0. The molecular formula is C25H22F3N5O5S. The van der Waals surface area contributed by atoms with Crippen molar-refractivity contribution in [3.63, 3.8) is 0 Å². The first-order valence-corrected chi connectivity index (χ1v) is 12.9. The summed E-state index contributed by atoms with van der Waals surface area (Å²) in [5.74, 6) is -0.534. The van der Waals surface area contributed by atoms with Gasteiger partial charge < -0.3 is 20.7 Å². The van der Waals surface area contributed by atoms with E-state index in [1.54, 1.807) is 13.8 Å². The molecule has 39 heavy (non-hydrogen) atoms. The number of rotatable bonds is 7. The molecule has 0 radical (unpaired) electrons. The van der Waals surface area contributed by atoms with Gasteiger partial charge in [-0.3, -0.25) is 0 Å². The summed E-state index contributed by atoms with van der Waals surface area (Å²) in [6, 6.07) is 10.6. The SMILES string of the molecule is CC(C)S(=O)(=O)c1ccc(-c2cnc(OC(N)=O)c(-c3cc(-c4ccc(CN)cc4C(F)(F)F)no3)n2)cc1. The van der Waals surface area contributed by atoms with Crippen LogP contribution in [0.25, 0.3) is 34.0 Å². The topological polar surface area (TPSA) is 164 Å². The fourth-order valence-electron chi connectivity index (χ4n) is 3.63. The standard InChI is InChI=1S/C25H22F3N5O5S/c1-13(2)39(35,36)16-6-4-15(5-7-16)20-12-31-23(37-24(30)34)22(32-20)21-10-19(33-38-21)17-8-3-14(11-29)9-18(17)25(26,27)28/h3-10,12-13H,11,29H2,1-2H3,(H2,30,34). The minimum Gasteiger partial charge on any atom is -0.389 e. The number of amides is 1. The summed E-state index contributed by atoms with van der Waals surface area (Å²) < 4.78 is 76.3. The molecule has 0 bridgehead atoms. The molecule has 0 aliphatic carbocycles. The number of ether oxygens (including phenoxy) is 1. The van der Waals surface area contributed by atoms with Crippen molar-refractivity contribution in [3.8, 4) is 39.8 Å². The molecule has 4 N–H and O–H groups in total. The van der Waals surface area contributed by atoms with Crippen molar-refractivity contribution in [1.82, 2.24) is 15.1 Å². The average molecular weight is 562 g/mol. The first-order chi connectivity index (χ1) is 18.3. The molecule has 4 rings (SSSR count). The van der Waals surface area contributed by atoms with Gasteiger partial charge in [0.2, 0.25) is 0 Å². The highest BCUT2D eigenvalue weighted by molar-refractivity contribution is 7.92. The number of benzene rings is 2. The third kappa shape index (κ3) is 5.76. The Morgan fingerprint density at radius 2 is 1.77 bits per heavy atom. The summed E-state index contributed by atoms with van der Waals surface area (Å²) in [4.78, 5) is 20.0. The van der Waals surface area contributed by atoms with Crippen LogP contribution in [-0.4, -0.2) is 34.9 Å². The zero-order chi connectivity index (χ0) is 28.5. The van der Waals surface area contributed by atoms with Crippen molar-refractivity contribution in [1.29, 1.82) is 0 Å². The molecule has 0 unspecified atom stereocenters. The lowest BCUT2D eigenvalue weighted by Gasteiger charge is -2.12. The molecule has 0 fully saturated rings. The van der Waals surface area contributed by atoms with Gasteiger partial charge in [0.05, 0.1) is 27.6 Å². The lowest BCUT2D eigenvalue weighted by molar-refractivity contribution is -0.137. The largest absolute Gasteiger partial charge is 0.417 e. The number of carbonyl (C=O) groups excluding carboxylic acids is 1. The van der Waals surface area contributed by atoms with Crippen LogP contribution in [0.15, 0.2) is 64.1 Å². The number of primary amides is 1. The molecule has 2 aromatic carbocycles. The van der Waals surface area contributed by atoms with Gasteiger partial charge in [-0.1, -0.05) is 29.4 Å². The Kier molecular flexibility index (Phi) is 7.44. The third-order valence-electron chi connectivity index (χ3n) is 5.68. The second-order valence-electron chi connectivity index (χ2n) is 8.61. The van der Waals surface area contributed by atoms with Gasteiger partial charge in [-0.05, 0) is 37.6 Å². The lowest BCUT2D eigenvalue weighted by Crippen LogP contribution is -2.17. The third-order valence-corrected chi connectivity index (χ3v) is 7.85. The van der Waals surface area contributed by atoms with Crippen LogP contribution in [0.2, 0.25) is 0 Å². The van der Waals surface area contributed by atoms with Crippen LogP contribution in [0.3, 0.4) is 0 Å². The van der Waals surface area contributed by atoms with E-state index in [0.717, 1.165) is 6.07 Å². The van der Waals surface area contributed by atoms with E-state index in [2.05, 4.69) is 15.1 Å². The maximum Gasteiger partial charge on any atom is 0.417 e. The average Bonchev–Trinajstić information content (AvgIpc) is 3.37. The van der Waals surface area contributed by atoms with Crippen molar-refractivity contribution in [2.75, 3.05) is 0 Å². The fourth-order valence-corrected chi connectivity index (χ4v) is 4.68. The van der Waals surface area contributed by atoms with E-state index in [1.807, 2.05) is 0 Å². The summed E-state index contributed by atoms with van der Waals surface area (Å²) in [5, 5.41) is 3.14. The zero-order valence-electron chi connectivity index (χ0n) is 20.6. The van der Waals surface area contributed by atoms with Crippen LogP contribution in [0.1, 0.15) is 25.0 Å². The summed E-state index contributed by atoms with van der Waals surface area (Å²) in [7, 11) is -3.51. The van der Waals surface area contributed by atoms with Gasteiger partial charge in [-0.25, -0.2) is 23.2 Å². The van der Waals surface area contributed by atoms with E-state index in [-0.39, 0.29) is 51.3 Å². The predicted octanol–water partition coefficient (Wildman–Crippen LogP) is 4.58. The van der Waals surface area contributed by atoms with Crippen LogP contribution in [0.5, 0.6) is 5.88 Å². The highest BCUT2D eigenvalue weighted by atomic mass is 32.2. The Hall–Kier alpha value is -4.30. The molecule has 0 saturated heterocycles. The normalized spacial score (nSPS) is 12.1. The highest BCUT2D eigenvalue weighted by Crippen LogP contribution is 2.39. The van der Waals surface area contributed by atoms with Crippen LogP contribution in [0.4, 0.5) is 18.0 Å². The van der Waals surface area contributed by atoms with Crippen molar-refractivity contribution in [2.24, 2.45) is 11.5 Å². The quantitative estimate of drug-likeness (QED) is 0.328. The van der Waals surface area contributed by atoms with E-state index in [9.17, 15) is 26.4 Å². The Bertz CT molecular complexity index is 1630. The number of aromatic nitrogens is 3. The molecule has 10 nitrogen and oxygen atoms in total. The van der Waals surface area contributed by atoms with Crippen LogP contribution < -0.4 is 16.2 Å². The molecule has 2 heterocycles. The predicted molar refractivity (Wildman–Crippen MR) is 134 cm³/mol. The van der Waals surface area contributed by atoms with Gasteiger partial charge in [-0.2, -0.15) is 13.2 Å². The minimum atomic E-state index is -4.70.